The number of rotatable bonds is 2. The maximum absolute atomic E-state index is 4.63. The zero-order valence-corrected chi connectivity index (χ0v) is 10.3. The minimum atomic E-state index is 0.479. The standard InChI is InChI=1S/C12H20N4/c1-9-7-11(16(2)3)15-12(14-9)10-5-4-6-13-8-10/h7,10,13H,4-6,8H2,1-3H3/t10-/m1/s1. The first-order chi connectivity index (χ1) is 7.66. The van der Waals surface area contributed by atoms with Gasteiger partial charge in [-0.15, -0.1) is 0 Å². The molecule has 1 saturated heterocycles. The molecule has 0 aliphatic carbocycles. The molecule has 1 aromatic rings. The van der Waals surface area contributed by atoms with E-state index in [2.05, 4.69) is 15.3 Å². The second-order valence-electron chi connectivity index (χ2n) is 4.66. The van der Waals surface area contributed by atoms with Crippen molar-refractivity contribution in [3.63, 3.8) is 0 Å². The van der Waals surface area contributed by atoms with Crippen molar-refractivity contribution in [2.75, 3.05) is 32.1 Å². The van der Waals surface area contributed by atoms with Crippen molar-refractivity contribution in [1.82, 2.24) is 15.3 Å². The number of aromatic nitrogens is 2. The van der Waals surface area contributed by atoms with E-state index >= 15 is 0 Å². The summed E-state index contributed by atoms with van der Waals surface area (Å²) in [6, 6.07) is 2.03. The quantitative estimate of drug-likeness (QED) is 0.816. The van der Waals surface area contributed by atoms with Gasteiger partial charge in [-0.05, 0) is 26.3 Å². The lowest BCUT2D eigenvalue weighted by molar-refractivity contribution is 0.446. The van der Waals surface area contributed by atoms with Crippen molar-refractivity contribution in [3.05, 3.63) is 17.6 Å². The molecule has 1 aliphatic rings. The Hall–Kier alpha value is -1.16. The van der Waals surface area contributed by atoms with E-state index in [0.29, 0.717) is 5.92 Å². The van der Waals surface area contributed by atoms with E-state index in [9.17, 15) is 0 Å². The average Bonchev–Trinajstić information content (AvgIpc) is 2.29. The molecule has 0 radical (unpaired) electrons. The van der Waals surface area contributed by atoms with E-state index in [-0.39, 0.29) is 0 Å². The fraction of sp³-hybridized carbons (Fsp3) is 0.667. The van der Waals surface area contributed by atoms with Gasteiger partial charge in [0.15, 0.2) is 0 Å². The number of nitrogens with zero attached hydrogens (tertiary/aromatic N) is 3. The van der Waals surface area contributed by atoms with E-state index in [1.54, 1.807) is 0 Å². The predicted molar refractivity (Wildman–Crippen MR) is 65.9 cm³/mol. The summed E-state index contributed by atoms with van der Waals surface area (Å²) >= 11 is 0. The molecule has 1 aliphatic heterocycles. The van der Waals surface area contributed by atoms with E-state index in [1.807, 2.05) is 32.0 Å². The molecule has 2 rings (SSSR count). The molecular weight excluding hydrogens is 200 g/mol. The Balaban J connectivity index is 2.25. The molecule has 1 aromatic heterocycles. The Kier molecular flexibility index (Phi) is 3.39. The molecule has 0 saturated carbocycles. The molecule has 1 atom stereocenters. The summed E-state index contributed by atoms with van der Waals surface area (Å²) in [7, 11) is 4.04. The third kappa shape index (κ3) is 2.50. The topological polar surface area (TPSA) is 41.1 Å². The molecule has 1 N–H and O–H groups in total. The molecule has 88 valence electrons. The summed E-state index contributed by atoms with van der Waals surface area (Å²) < 4.78 is 0. The first-order valence-electron chi connectivity index (χ1n) is 5.90. The van der Waals surface area contributed by atoms with E-state index in [1.165, 1.54) is 12.8 Å². The van der Waals surface area contributed by atoms with Gasteiger partial charge in [0.2, 0.25) is 0 Å². The van der Waals surface area contributed by atoms with Crippen LogP contribution in [0.25, 0.3) is 0 Å². The lowest BCUT2D eigenvalue weighted by Crippen LogP contribution is -2.29. The summed E-state index contributed by atoms with van der Waals surface area (Å²) in [4.78, 5) is 11.2. The third-order valence-electron chi connectivity index (χ3n) is 2.98. The number of hydrogen-bond acceptors (Lipinski definition) is 4. The highest BCUT2D eigenvalue weighted by Gasteiger charge is 2.18. The third-order valence-corrected chi connectivity index (χ3v) is 2.98. The second kappa shape index (κ2) is 4.78. The molecule has 0 bridgehead atoms. The number of aryl methyl sites for hydroxylation is 1. The summed E-state index contributed by atoms with van der Waals surface area (Å²) in [5.74, 6) is 2.48. The second-order valence-corrected chi connectivity index (χ2v) is 4.66. The first-order valence-corrected chi connectivity index (χ1v) is 5.90. The maximum atomic E-state index is 4.63. The van der Waals surface area contributed by atoms with Crippen molar-refractivity contribution in [2.45, 2.75) is 25.7 Å². The first kappa shape index (κ1) is 11.3. The lowest BCUT2D eigenvalue weighted by Gasteiger charge is -2.23. The van der Waals surface area contributed by atoms with Gasteiger partial charge in [-0.1, -0.05) is 0 Å². The maximum Gasteiger partial charge on any atom is 0.135 e. The van der Waals surface area contributed by atoms with Gasteiger partial charge in [-0.2, -0.15) is 0 Å². The van der Waals surface area contributed by atoms with Crippen LogP contribution in [-0.4, -0.2) is 37.2 Å². The summed E-state index contributed by atoms with van der Waals surface area (Å²) in [5.41, 5.74) is 1.05. The van der Waals surface area contributed by atoms with Gasteiger partial charge in [0.05, 0.1) is 0 Å². The van der Waals surface area contributed by atoms with Crippen LogP contribution >= 0.6 is 0 Å². The van der Waals surface area contributed by atoms with E-state index in [4.69, 9.17) is 0 Å². The Labute approximate surface area is 97.1 Å². The Bertz CT molecular complexity index is 356. The van der Waals surface area contributed by atoms with Crippen molar-refractivity contribution >= 4 is 5.82 Å². The summed E-state index contributed by atoms with van der Waals surface area (Å²) in [6.45, 7) is 4.17. The molecule has 0 spiro atoms. The molecule has 0 unspecified atom stereocenters. The zero-order chi connectivity index (χ0) is 11.5. The van der Waals surface area contributed by atoms with Crippen molar-refractivity contribution in [3.8, 4) is 0 Å². The van der Waals surface area contributed by atoms with Crippen LogP contribution in [0.15, 0.2) is 6.07 Å². The molecule has 4 nitrogen and oxygen atoms in total. The molecule has 16 heavy (non-hydrogen) atoms. The Morgan fingerprint density at radius 3 is 2.81 bits per heavy atom. The van der Waals surface area contributed by atoms with Crippen molar-refractivity contribution in [1.29, 1.82) is 0 Å². The van der Waals surface area contributed by atoms with Crippen LogP contribution in [0, 0.1) is 6.92 Å². The van der Waals surface area contributed by atoms with Crippen LogP contribution in [0.3, 0.4) is 0 Å². The number of piperidine rings is 1. The molecule has 0 aromatic carbocycles. The van der Waals surface area contributed by atoms with Gasteiger partial charge in [0.1, 0.15) is 11.6 Å². The minimum absolute atomic E-state index is 0.479. The highest BCUT2D eigenvalue weighted by atomic mass is 15.2. The number of hydrogen-bond donors (Lipinski definition) is 1. The average molecular weight is 220 g/mol. The van der Waals surface area contributed by atoms with Crippen LogP contribution in [0.4, 0.5) is 5.82 Å². The van der Waals surface area contributed by atoms with Gasteiger partial charge in [0.25, 0.3) is 0 Å². The highest BCUT2D eigenvalue weighted by Crippen LogP contribution is 2.22. The molecule has 0 amide bonds. The smallest absolute Gasteiger partial charge is 0.135 e. The predicted octanol–water partition coefficient (Wildman–Crippen LogP) is 1.32. The molecule has 4 heteroatoms. The fourth-order valence-corrected chi connectivity index (χ4v) is 2.06. The minimum Gasteiger partial charge on any atom is -0.363 e. The van der Waals surface area contributed by atoms with Gasteiger partial charge in [0, 0.05) is 38.3 Å². The largest absolute Gasteiger partial charge is 0.363 e. The van der Waals surface area contributed by atoms with Crippen LogP contribution in [0.5, 0.6) is 0 Å². The van der Waals surface area contributed by atoms with Gasteiger partial charge >= 0.3 is 0 Å². The number of nitrogens with one attached hydrogen (secondary N) is 1. The monoisotopic (exact) mass is 220 g/mol. The summed E-state index contributed by atoms with van der Waals surface area (Å²) in [6.07, 6.45) is 2.42. The normalized spacial score (nSPS) is 20.8. The Morgan fingerprint density at radius 2 is 2.19 bits per heavy atom. The highest BCUT2D eigenvalue weighted by molar-refractivity contribution is 5.38. The van der Waals surface area contributed by atoms with E-state index in [0.717, 1.165) is 30.4 Å². The van der Waals surface area contributed by atoms with Crippen LogP contribution in [-0.2, 0) is 0 Å². The van der Waals surface area contributed by atoms with E-state index < -0.39 is 0 Å². The molecular formula is C12H20N4. The van der Waals surface area contributed by atoms with Gasteiger partial charge in [-0.25, -0.2) is 9.97 Å². The van der Waals surface area contributed by atoms with Crippen molar-refractivity contribution in [2.24, 2.45) is 0 Å². The van der Waals surface area contributed by atoms with Crippen LogP contribution in [0.2, 0.25) is 0 Å². The van der Waals surface area contributed by atoms with Gasteiger partial charge in [-0.3, -0.25) is 0 Å². The molecule has 2 heterocycles. The SMILES string of the molecule is Cc1cc(N(C)C)nc([C@@H]2CCCNC2)n1. The summed E-state index contributed by atoms with van der Waals surface area (Å²) in [5, 5.41) is 3.41. The van der Waals surface area contributed by atoms with Gasteiger partial charge < -0.3 is 10.2 Å². The Morgan fingerprint density at radius 1 is 1.38 bits per heavy atom. The fourth-order valence-electron chi connectivity index (χ4n) is 2.06. The van der Waals surface area contributed by atoms with Crippen molar-refractivity contribution < 1.29 is 0 Å². The zero-order valence-electron chi connectivity index (χ0n) is 10.3. The lowest BCUT2D eigenvalue weighted by atomic mass is 9.99. The molecule has 1 fully saturated rings. The van der Waals surface area contributed by atoms with Crippen LogP contribution in [0.1, 0.15) is 30.3 Å². The number of anilines is 1. The van der Waals surface area contributed by atoms with Crippen LogP contribution < -0.4 is 10.2 Å².